The van der Waals surface area contributed by atoms with Crippen LogP contribution in [0.15, 0.2) is 36.4 Å². The normalized spacial score (nSPS) is 17.1. The molecule has 0 unspecified atom stereocenters. The molecule has 1 aromatic carbocycles. The number of amides is 2. The van der Waals surface area contributed by atoms with Gasteiger partial charge in [0.1, 0.15) is 5.00 Å². The van der Waals surface area contributed by atoms with Crippen LogP contribution in [0.4, 0.5) is 5.00 Å². The van der Waals surface area contributed by atoms with Crippen LogP contribution in [-0.4, -0.2) is 48.9 Å². The first-order valence-corrected chi connectivity index (χ1v) is 10.1. The molecule has 3 rings (SSSR count). The average molecular weight is 387 g/mol. The third kappa shape index (κ3) is 4.94. The maximum atomic E-state index is 12.3. The van der Waals surface area contributed by atoms with E-state index in [0.29, 0.717) is 16.6 Å². The first kappa shape index (κ1) is 19.5. The number of primary amides is 1. The molecule has 1 fully saturated rings. The van der Waals surface area contributed by atoms with E-state index >= 15 is 0 Å². The Bertz CT molecular complexity index is 791. The predicted octanol–water partition coefficient (Wildman–Crippen LogP) is 2.53. The molecule has 0 radical (unpaired) electrons. The zero-order valence-electron chi connectivity index (χ0n) is 15.5. The highest BCUT2D eigenvalue weighted by atomic mass is 32.1. The summed E-state index contributed by atoms with van der Waals surface area (Å²) >= 11 is 1.36. The number of carbonyl (C=O) groups is 2. The van der Waals surface area contributed by atoms with Crippen LogP contribution in [-0.2, 0) is 4.79 Å². The second-order valence-electron chi connectivity index (χ2n) is 6.69. The molecule has 2 heterocycles. The van der Waals surface area contributed by atoms with Crippen molar-refractivity contribution in [3.63, 3.8) is 0 Å². The molecule has 0 aliphatic carbocycles. The van der Waals surface area contributed by atoms with Crippen LogP contribution in [0.25, 0.3) is 10.4 Å². The van der Waals surface area contributed by atoms with Gasteiger partial charge in [-0.1, -0.05) is 37.3 Å². The number of nitrogens with zero attached hydrogens (tertiary/aromatic N) is 1. The molecule has 2 aromatic rings. The molecule has 1 aromatic heterocycles. The minimum absolute atomic E-state index is 0.167. The molecule has 1 atom stereocenters. The van der Waals surface area contributed by atoms with Crippen molar-refractivity contribution in [3.05, 3.63) is 42.0 Å². The Hall–Kier alpha value is -2.22. The smallest absolute Gasteiger partial charge is 0.251 e. The molecule has 0 spiro atoms. The minimum Gasteiger partial charge on any atom is -0.366 e. The summed E-state index contributed by atoms with van der Waals surface area (Å²) in [6.45, 7) is 5.35. The van der Waals surface area contributed by atoms with Crippen LogP contribution in [0.2, 0.25) is 0 Å². The lowest BCUT2D eigenvalue weighted by Gasteiger charge is -2.22. The minimum atomic E-state index is -0.541. The van der Waals surface area contributed by atoms with Gasteiger partial charge in [-0.15, -0.1) is 11.3 Å². The monoisotopic (exact) mass is 386 g/mol. The standard InChI is InChI=1S/C20H26N4O2S/c1-2-24-10-6-9-15(24)12-22-13-18(25)23-20-16(19(21)26)11-17(27-20)14-7-4-3-5-8-14/h3-5,7-8,11,15,22H,2,6,9-10,12-13H2,1H3,(H2,21,26)(H,23,25)/t15-/m1/s1. The van der Waals surface area contributed by atoms with Crippen molar-refractivity contribution < 1.29 is 9.59 Å². The largest absolute Gasteiger partial charge is 0.366 e. The number of nitrogens with one attached hydrogen (secondary N) is 2. The third-order valence-corrected chi connectivity index (χ3v) is 5.98. The molecule has 1 saturated heterocycles. The first-order valence-electron chi connectivity index (χ1n) is 9.32. The first-order chi connectivity index (χ1) is 13.1. The third-order valence-electron chi connectivity index (χ3n) is 4.88. The number of hydrogen-bond donors (Lipinski definition) is 3. The number of benzene rings is 1. The highest BCUT2D eigenvalue weighted by Crippen LogP contribution is 2.35. The van der Waals surface area contributed by atoms with Crippen LogP contribution in [0, 0.1) is 0 Å². The highest BCUT2D eigenvalue weighted by molar-refractivity contribution is 7.20. The predicted molar refractivity (Wildman–Crippen MR) is 110 cm³/mol. The summed E-state index contributed by atoms with van der Waals surface area (Å²) in [6.07, 6.45) is 2.38. The van der Waals surface area contributed by atoms with E-state index in [-0.39, 0.29) is 12.5 Å². The fourth-order valence-corrected chi connectivity index (χ4v) is 4.56. The van der Waals surface area contributed by atoms with Gasteiger partial charge in [0.25, 0.3) is 5.91 Å². The van der Waals surface area contributed by atoms with Gasteiger partial charge in [0.15, 0.2) is 0 Å². The number of likely N-dealkylation sites (N-methyl/N-ethyl adjacent to an activating group) is 1. The number of carbonyl (C=O) groups excluding carboxylic acids is 2. The number of hydrogen-bond acceptors (Lipinski definition) is 5. The van der Waals surface area contributed by atoms with Crippen LogP contribution in [0.3, 0.4) is 0 Å². The van der Waals surface area contributed by atoms with Gasteiger partial charge in [0.05, 0.1) is 12.1 Å². The number of rotatable bonds is 8. The number of nitrogens with two attached hydrogens (primary N) is 1. The average Bonchev–Trinajstić information content (AvgIpc) is 3.29. The lowest BCUT2D eigenvalue weighted by molar-refractivity contribution is -0.115. The molecule has 4 N–H and O–H groups in total. The highest BCUT2D eigenvalue weighted by Gasteiger charge is 2.22. The number of anilines is 1. The summed E-state index contributed by atoms with van der Waals surface area (Å²) in [5.41, 5.74) is 6.83. The lowest BCUT2D eigenvalue weighted by atomic mass is 10.1. The Labute approximate surface area is 163 Å². The summed E-state index contributed by atoms with van der Waals surface area (Å²) in [5.74, 6) is -0.707. The van der Waals surface area contributed by atoms with Crippen molar-refractivity contribution in [3.8, 4) is 10.4 Å². The van der Waals surface area contributed by atoms with Gasteiger partial charge in [-0.3, -0.25) is 14.5 Å². The Morgan fingerprint density at radius 3 is 2.78 bits per heavy atom. The summed E-state index contributed by atoms with van der Waals surface area (Å²) in [4.78, 5) is 27.4. The fourth-order valence-electron chi connectivity index (χ4n) is 3.48. The van der Waals surface area contributed by atoms with Crippen molar-refractivity contribution in [2.75, 3.05) is 31.5 Å². The summed E-state index contributed by atoms with van der Waals surface area (Å²) in [6, 6.07) is 12.0. The van der Waals surface area contributed by atoms with Gasteiger partial charge >= 0.3 is 0 Å². The fraction of sp³-hybridized carbons (Fsp3) is 0.400. The second-order valence-corrected chi connectivity index (χ2v) is 7.74. The van der Waals surface area contributed by atoms with Crippen molar-refractivity contribution in [2.45, 2.75) is 25.8 Å². The van der Waals surface area contributed by atoms with E-state index in [1.807, 2.05) is 30.3 Å². The van der Waals surface area contributed by atoms with E-state index < -0.39 is 5.91 Å². The molecule has 1 aliphatic rings. The van der Waals surface area contributed by atoms with Gasteiger partial charge in [-0.2, -0.15) is 0 Å². The van der Waals surface area contributed by atoms with Crippen molar-refractivity contribution in [2.24, 2.45) is 5.73 Å². The Morgan fingerprint density at radius 1 is 1.30 bits per heavy atom. The van der Waals surface area contributed by atoms with Gasteiger partial charge in [0, 0.05) is 17.5 Å². The van der Waals surface area contributed by atoms with Crippen molar-refractivity contribution >= 4 is 28.2 Å². The Balaban J connectivity index is 1.60. The molecule has 6 nitrogen and oxygen atoms in total. The van der Waals surface area contributed by atoms with Gasteiger partial charge in [-0.05, 0) is 37.6 Å². The summed E-state index contributed by atoms with van der Waals surface area (Å²) < 4.78 is 0. The van der Waals surface area contributed by atoms with Crippen LogP contribution >= 0.6 is 11.3 Å². The molecule has 144 valence electrons. The molecule has 7 heteroatoms. The lowest BCUT2D eigenvalue weighted by Crippen LogP contribution is -2.40. The molecule has 0 bridgehead atoms. The van der Waals surface area contributed by atoms with E-state index in [1.165, 1.54) is 24.2 Å². The second kappa shape index (κ2) is 9.12. The number of likely N-dealkylation sites (tertiary alicyclic amines) is 1. The molecule has 0 saturated carbocycles. The van der Waals surface area contributed by atoms with Gasteiger partial charge in [0.2, 0.25) is 5.91 Å². The van der Waals surface area contributed by atoms with Crippen LogP contribution in [0.5, 0.6) is 0 Å². The maximum Gasteiger partial charge on any atom is 0.251 e. The van der Waals surface area contributed by atoms with Crippen molar-refractivity contribution in [1.82, 2.24) is 10.2 Å². The summed E-state index contributed by atoms with van der Waals surface area (Å²) in [5, 5.41) is 6.57. The van der Waals surface area contributed by atoms with Crippen LogP contribution in [0.1, 0.15) is 30.1 Å². The molecule has 27 heavy (non-hydrogen) atoms. The van der Waals surface area contributed by atoms with E-state index in [9.17, 15) is 9.59 Å². The maximum absolute atomic E-state index is 12.3. The zero-order valence-corrected chi connectivity index (χ0v) is 16.3. The molecular weight excluding hydrogens is 360 g/mol. The Morgan fingerprint density at radius 2 is 2.07 bits per heavy atom. The zero-order chi connectivity index (χ0) is 19.2. The Kier molecular flexibility index (Phi) is 6.60. The summed E-state index contributed by atoms with van der Waals surface area (Å²) in [7, 11) is 0. The van der Waals surface area contributed by atoms with Crippen molar-refractivity contribution in [1.29, 1.82) is 0 Å². The molecule has 1 aliphatic heterocycles. The van der Waals surface area contributed by atoms with Crippen LogP contribution < -0.4 is 16.4 Å². The quantitative estimate of drug-likeness (QED) is 0.651. The molecular formula is C20H26N4O2S. The van der Waals surface area contributed by atoms with Gasteiger partial charge in [-0.25, -0.2) is 0 Å². The molecule has 2 amide bonds. The topological polar surface area (TPSA) is 87.5 Å². The van der Waals surface area contributed by atoms with E-state index in [4.69, 9.17) is 5.73 Å². The van der Waals surface area contributed by atoms with E-state index in [0.717, 1.165) is 30.1 Å². The SMILES string of the molecule is CCN1CCC[C@@H]1CNCC(=O)Nc1sc(-c2ccccc2)cc1C(N)=O. The van der Waals surface area contributed by atoms with Gasteiger partial charge < -0.3 is 16.4 Å². The number of thiophene rings is 1. The van der Waals surface area contributed by atoms with E-state index in [1.54, 1.807) is 6.07 Å². The van der Waals surface area contributed by atoms with E-state index in [2.05, 4.69) is 22.5 Å².